The molecular formula is C22H19NO4. The molecule has 0 spiro atoms. The lowest BCUT2D eigenvalue weighted by Gasteiger charge is -2.10. The number of aryl methyl sites for hydroxylation is 1. The number of pyridine rings is 1. The van der Waals surface area contributed by atoms with Crippen LogP contribution in [0.15, 0.2) is 69.8 Å². The first-order valence-corrected chi connectivity index (χ1v) is 8.45. The maximum absolute atomic E-state index is 13.0. The van der Waals surface area contributed by atoms with Crippen molar-refractivity contribution in [2.75, 3.05) is 0 Å². The summed E-state index contributed by atoms with van der Waals surface area (Å²) in [6.07, 6.45) is 7.94. The molecule has 0 bridgehead atoms. The number of hydrogen-bond donors (Lipinski definition) is 0. The van der Waals surface area contributed by atoms with Gasteiger partial charge in [0.2, 0.25) is 0 Å². The number of aromatic nitrogens is 1. The van der Waals surface area contributed by atoms with Gasteiger partial charge in [-0.2, -0.15) is 0 Å². The third-order valence-corrected chi connectivity index (χ3v) is 3.86. The minimum absolute atomic E-state index is 0.214. The molecule has 5 heteroatoms. The fourth-order valence-corrected chi connectivity index (χ4v) is 2.61. The predicted molar refractivity (Wildman–Crippen MR) is 105 cm³/mol. The first-order valence-electron chi connectivity index (χ1n) is 8.45. The van der Waals surface area contributed by atoms with E-state index in [1.54, 1.807) is 49.9 Å². The molecule has 0 saturated heterocycles. The van der Waals surface area contributed by atoms with Crippen molar-refractivity contribution >= 4 is 22.8 Å². The van der Waals surface area contributed by atoms with Crippen molar-refractivity contribution in [1.29, 1.82) is 0 Å². The van der Waals surface area contributed by atoms with Gasteiger partial charge in [0, 0.05) is 23.8 Å². The van der Waals surface area contributed by atoms with Gasteiger partial charge in [-0.05, 0) is 67.8 Å². The minimum atomic E-state index is -0.510. The van der Waals surface area contributed by atoms with Crippen LogP contribution in [-0.2, 0) is 0 Å². The largest absolute Gasteiger partial charge is 0.464 e. The Bertz CT molecular complexity index is 1100. The molecule has 1 aromatic carbocycles. The summed E-state index contributed by atoms with van der Waals surface area (Å²) in [6.45, 7) is 5.57. The number of hydrogen-bond acceptors (Lipinski definition) is 5. The molecule has 3 aromatic rings. The SMILES string of the molecule is CC(C)=COc1ccc2c(C)cc(=O)oc2c1C(=O)/C=C/c1cccnc1. The number of rotatable bonds is 5. The summed E-state index contributed by atoms with van der Waals surface area (Å²) in [4.78, 5) is 28.8. The number of nitrogens with zero attached hydrogens (tertiary/aromatic N) is 1. The molecule has 5 nitrogen and oxygen atoms in total. The molecule has 0 amide bonds. The zero-order valence-corrected chi connectivity index (χ0v) is 15.4. The second-order valence-corrected chi connectivity index (χ2v) is 6.36. The smallest absolute Gasteiger partial charge is 0.336 e. The summed E-state index contributed by atoms with van der Waals surface area (Å²) in [5, 5.41) is 0.692. The summed E-state index contributed by atoms with van der Waals surface area (Å²) >= 11 is 0. The van der Waals surface area contributed by atoms with Gasteiger partial charge in [-0.1, -0.05) is 6.07 Å². The highest BCUT2D eigenvalue weighted by Gasteiger charge is 2.18. The van der Waals surface area contributed by atoms with E-state index >= 15 is 0 Å². The number of ketones is 1. The molecule has 0 aliphatic rings. The fraction of sp³-hybridized carbons (Fsp3) is 0.136. The van der Waals surface area contributed by atoms with Crippen molar-refractivity contribution in [2.45, 2.75) is 20.8 Å². The Kier molecular flexibility index (Phi) is 5.31. The van der Waals surface area contributed by atoms with Gasteiger partial charge in [0.05, 0.1) is 6.26 Å². The number of benzene rings is 1. The van der Waals surface area contributed by atoms with Gasteiger partial charge in [-0.15, -0.1) is 0 Å². The van der Waals surface area contributed by atoms with E-state index in [4.69, 9.17) is 9.15 Å². The highest BCUT2D eigenvalue weighted by Crippen LogP contribution is 2.30. The number of ether oxygens (including phenoxy) is 1. The van der Waals surface area contributed by atoms with E-state index in [2.05, 4.69) is 4.98 Å². The van der Waals surface area contributed by atoms with Crippen LogP contribution in [0.25, 0.3) is 17.0 Å². The lowest BCUT2D eigenvalue weighted by Crippen LogP contribution is -2.05. The third-order valence-electron chi connectivity index (χ3n) is 3.86. The molecule has 3 rings (SSSR count). The molecule has 2 heterocycles. The zero-order chi connectivity index (χ0) is 19.4. The average Bonchev–Trinajstić information content (AvgIpc) is 2.64. The standard InChI is InChI=1S/C22H19NO4/c1-14(2)13-26-19-9-7-17-15(3)11-20(25)27-22(17)21(19)18(24)8-6-16-5-4-10-23-12-16/h4-13H,1-3H3/b8-6+. The van der Waals surface area contributed by atoms with Crippen LogP contribution in [0.5, 0.6) is 5.75 Å². The van der Waals surface area contributed by atoms with Crippen LogP contribution in [0, 0.1) is 6.92 Å². The van der Waals surface area contributed by atoms with Crippen molar-refractivity contribution in [2.24, 2.45) is 0 Å². The molecule has 0 unspecified atom stereocenters. The summed E-state index contributed by atoms with van der Waals surface area (Å²) in [6, 6.07) is 8.51. The van der Waals surface area contributed by atoms with Gasteiger partial charge in [0.15, 0.2) is 11.4 Å². The van der Waals surface area contributed by atoms with Crippen molar-refractivity contribution in [3.8, 4) is 5.75 Å². The number of carbonyl (C=O) groups excluding carboxylic acids is 1. The van der Waals surface area contributed by atoms with E-state index in [1.807, 2.05) is 19.9 Å². The van der Waals surface area contributed by atoms with Crippen LogP contribution in [0.4, 0.5) is 0 Å². The van der Waals surface area contributed by atoms with Crippen molar-refractivity contribution in [3.63, 3.8) is 0 Å². The lowest BCUT2D eigenvalue weighted by molar-refractivity contribution is 0.104. The number of carbonyl (C=O) groups is 1. The van der Waals surface area contributed by atoms with E-state index in [0.717, 1.165) is 16.7 Å². The Balaban J connectivity index is 2.16. The summed E-state index contributed by atoms with van der Waals surface area (Å²) in [5.41, 5.74) is 2.39. The Morgan fingerprint density at radius 2 is 2.04 bits per heavy atom. The Labute approximate surface area is 156 Å². The van der Waals surface area contributed by atoms with Gasteiger partial charge in [0.1, 0.15) is 11.3 Å². The van der Waals surface area contributed by atoms with Gasteiger partial charge >= 0.3 is 5.63 Å². The molecule has 0 atom stereocenters. The molecule has 0 fully saturated rings. The van der Waals surface area contributed by atoms with Gasteiger partial charge < -0.3 is 9.15 Å². The monoisotopic (exact) mass is 361 g/mol. The maximum atomic E-state index is 13.0. The fourth-order valence-electron chi connectivity index (χ4n) is 2.61. The molecular weight excluding hydrogens is 342 g/mol. The van der Waals surface area contributed by atoms with E-state index in [-0.39, 0.29) is 16.9 Å². The number of allylic oxidation sites excluding steroid dienone is 2. The van der Waals surface area contributed by atoms with Crippen LogP contribution < -0.4 is 10.4 Å². The third kappa shape index (κ3) is 4.20. The second-order valence-electron chi connectivity index (χ2n) is 6.36. The zero-order valence-electron chi connectivity index (χ0n) is 15.4. The maximum Gasteiger partial charge on any atom is 0.336 e. The van der Waals surface area contributed by atoms with E-state index in [0.29, 0.717) is 11.1 Å². The summed E-state index contributed by atoms with van der Waals surface area (Å²) < 4.78 is 11.0. The Morgan fingerprint density at radius 1 is 1.22 bits per heavy atom. The first kappa shape index (κ1) is 18.3. The van der Waals surface area contributed by atoms with Crippen LogP contribution in [0.1, 0.15) is 35.3 Å². The van der Waals surface area contributed by atoms with E-state index in [1.165, 1.54) is 12.1 Å². The predicted octanol–water partition coefficient (Wildman–Crippen LogP) is 4.70. The molecule has 0 aliphatic carbocycles. The van der Waals surface area contributed by atoms with Crippen LogP contribution >= 0.6 is 0 Å². The van der Waals surface area contributed by atoms with Crippen LogP contribution in [-0.4, -0.2) is 10.8 Å². The van der Waals surface area contributed by atoms with Crippen LogP contribution in [0.2, 0.25) is 0 Å². The minimum Gasteiger partial charge on any atom is -0.464 e. The molecule has 0 saturated carbocycles. The Hall–Kier alpha value is -3.47. The first-order chi connectivity index (χ1) is 13.0. The van der Waals surface area contributed by atoms with E-state index < -0.39 is 5.63 Å². The van der Waals surface area contributed by atoms with Gasteiger partial charge in [0.25, 0.3) is 0 Å². The van der Waals surface area contributed by atoms with Gasteiger partial charge in [-0.3, -0.25) is 9.78 Å². The molecule has 27 heavy (non-hydrogen) atoms. The summed E-state index contributed by atoms with van der Waals surface area (Å²) in [7, 11) is 0. The van der Waals surface area contributed by atoms with Crippen molar-refractivity contribution in [3.05, 3.63) is 87.7 Å². The van der Waals surface area contributed by atoms with Crippen molar-refractivity contribution in [1.82, 2.24) is 4.98 Å². The highest BCUT2D eigenvalue weighted by atomic mass is 16.5. The highest BCUT2D eigenvalue weighted by molar-refractivity contribution is 6.15. The number of fused-ring (bicyclic) bond motifs is 1. The molecule has 0 aliphatic heterocycles. The molecule has 0 radical (unpaired) electrons. The quantitative estimate of drug-likeness (QED) is 0.285. The molecule has 0 N–H and O–H groups in total. The van der Waals surface area contributed by atoms with Gasteiger partial charge in [-0.25, -0.2) is 4.79 Å². The molecule has 2 aromatic heterocycles. The van der Waals surface area contributed by atoms with Crippen LogP contribution in [0.3, 0.4) is 0 Å². The second kappa shape index (κ2) is 7.83. The average molecular weight is 361 g/mol. The Morgan fingerprint density at radius 3 is 2.74 bits per heavy atom. The molecule has 136 valence electrons. The van der Waals surface area contributed by atoms with E-state index in [9.17, 15) is 9.59 Å². The summed E-state index contributed by atoms with van der Waals surface area (Å²) in [5.74, 6) is 0.00801. The topological polar surface area (TPSA) is 69.4 Å². The normalized spacial score (nSPS) is 10.9. The lowest BCUT2D eigenvalue weighted by atomic mass is 10.0. The van der Waals surface area contributed by atoms with Crippen molar-refractivity contribution < 1.29 is 13.9 Å².